The van der Waals surface area contributed by atoms with Gasteiger partial charge in [-0.2, -0.15) is 0 Å². The van der Waals surface area contributed by atoms with Crippen molar-refractivity contribution in [2.75, 3.05) is 26.8 Å². The molecule has 1 heterocycles. The van der Waals surface area contributed by atoms with Crippen LogP contribution in [0.5, 0.6) is 5.75 Å². The smallest absolute Gasteiger partial charge is 0.341 e. The average molecular weight is 515 g/mol. The Kier molecular flexibility index (Phi) is 9.01. The highest BCUT2D eigenvalue weighted by Gasteiger charge is 2.40. The Bertz CT molecular complexity index is 1080. The van der Waals surface area contributed by atoms with Gasteiger partial charge in [-0.15, -0.1) is 0 Å². The summed E-state index contributed by atoms with van der Waals surface area (Å²) in [6.45, 7) is 9.01. The van der Waals surface area contributed by atoms with Crippen molar-refractivity contribution in [1.82, 2.24) is 10.2 Å². The molecule has 36 heavy (non-hydrogen) atoms. The summed E-state index contributed by atoms with van der Waals surface area (Å²) in [5.74, 6) is -0.646. The van der Waals surface area contributed by atoms with Crippen LogP contribution >= 0.6 is 11.6 Å². The number of piperidine rings is 1. The molecule has 0 spiro atoms. The lowest BCUT2D eigenvalue weighted by molar-refractivity contribution is -0.141. The monoisotopic (exact) mass is 514 g/mol. The summed E-state index contributed by atoms with van der Waals surface area (Å²) >= 11 is 6.06. The Morgan fingerprint density at radius 2 is 1.78 bits per heavy atom. The summed E-state index contributed by atoms with van der Waals surface area (Å²) in [6.07, 6.45) is 0.826. The van der Waals surface area contributed by atoms with Gasteiger partial charge >= 0.3 is 5.97 Å². The summed E-state index contributed by atoms with van der Waals surface area (Å²) in [4.78, 5) is 40.0. The van der Waals surface area contributed by atoms with Gasteiger partial charge in [0.05, 0.1) is 7.11 Å². The number of rotatable bonds is 8. The highest BCUT2D eigenvalue weighted by atomic mass is 35.5. The van der Waals surface area contributed by atoms with E-state index in [1.54, 1.807) is 24.3 Å². The number of carbonyl (C=O) groups is 3. The number of hydrogen-bond acceptors (Lipinski definition) is 5. The van der Waals surface area contributed by atoms with Crippen LogP contribution < -0.4 is 10.1 Å². The summed E-state index contributed by atoms with van der Waals surface area (Å²) in [5, 5.41) is 3.54. The summed E-state index contributed by atoms with van der Waals surface area (Å²) < 4.78 is 10.3. The number of carbonyl (C=O) groups excluding carboxylic acids is 3. The zero-order chi connectivity index (χ0) is 26.5. The molecule has 1 N–H and O–H groups in total. The van der Waals surface area contributed by atoms with Gasteiger partial charge in [-0.05, 0) is 53.5 Å². The van der Waals surface area contributed by atoms with Gasteiger partial charge < -0.3 is 19.7 Å². The zero-order valence-corrected chi connectivity index (χ0v) is 22.3. The van der Waals surface area contributed by atoms with Gasteiger partial charge in [-0.1, -0.05) is 63.6 Å². The SMILES string of the molecule is COC(=O)c1ccccc1OCC(=O)N[C@@H](C(=O)N1CCC(c2ccc(Cl)cc2)C(C)(C)C1)C(C)C. The Morgan fingerprint density at radius 1 is 1.11 bits per heavy atom. The molecular weight excluding hydrogens is 480 g/mol. The number of nitrogens with one attached hydrogen (secondary N) is 1. The fourth-order valence-electron chi connectivity index (χ4n) is 4.80. The number of amides is 2. The first-order chi connectivity index (χ1) is 17.0. The number of likely N-dealkylation sites (tertiary alicyclic amines) is 1. The average Bonchev–Trinajstić information content (AvgIpc) is 2.85. The first-order valence-corrected chi connectivity index (χ1v) is 12.5. The molecule has 1 fully saturated rings. The van der Waals surface area contributed by atoms with E-state index in [4.69, 9.17) is 21.1 Å². The summed E-state index contributed by atoms with van der Waals surface area (Å²) in [6, 6.07) is 13.8. The third-order valence-electron chi connectivity index (χ3n) is 6.71. The standard InChI is InChI=1S/C28H35ClN2O5/c1-18(2)25(30-24(32)16-36-23-9-7-6-8-21(23)27(34)35-5)26(33)31-15-14-22(28(3,4)17-31)19-10-12-20(29)13-11-19/h6-13,18,22,25H,14-17H2,1-5H3,(H,30,32)/t22?,25-/m1/s1. The highest BCUT2D eigenvalue weighted by molar-refractivity contribution is 6.30. The molecule has 0 bridgehead atoms. The molecule has 194 valence electrons. The van der Waals surface area contributed by atoms with E-state index in [1.807, 2.05) is 30.9 Å². The van der Waals surface area contributed by atoms with E-state index in [2.05, 4.69) is 31.3 Å². The van der Waals surface area contributed by atoms with Crippen molar-refractivity contribution >= 4 is 29.4 Å². The molecule has 8 heteroatoms. The maximum absolute atomic E-state index is 13.5. The van der Waals surface area contributed by atoms with E-state index in [9.17, 15) is 14.4 Å². The van der Waals surface area contributed by atoms with Gasteiger partial charge in [0, 0.05) is 18.1 Å². The molecule has 2 aromatic carbocycles. The van der Waals surface area contributed by atoms with Crippen molar-refractivity contribution in [3.05, 3.63) is 64.7 Å². The van der Waals surface area contributed by atoms with Crippen LogP contribution in [0.3, 0.4) is 0 Å². The molecule has 2 atom stereocenters. The van der Waals surface area contributed by atoms with Crippen molar-refractivity contribution in [2.24, 2.45) is 11.3 Å². The fourth-order valence-corrected chi connectivity index (χ4v) is 4.92. The van der Waals surface area contributed by atoms with Crippen LogP contribution in [0.1, 0.15) is 56.0 Å². The van der Waals surface area contributed by atoms with E-state index >= 15 is 0 Å². The van der Waals surface area contributed by atoms with Crippen molar-refractivity contribution in [3.8, 4) is 5.75 Å². The van der Waals surface area contributed by atoms with Crippen molar-refractivity contribution in [3.63, 3.8) is 0 Å². The molecule has 2 amide bonds. The molecule has 3 rings (SSSR count). The number of benzene rings is 2. The molecule has 7 nitrogen and oxygen atoms in total. The fraction of sp³-hybridized carbons (Fsp3) is 0.464. The molecule has 0 aromatic heterocycles. The van der Waals surface area contributed by atoms with Crippen LogP contribution in [0.15, 0.2) is 48.5 Å². The number of hydrogen-bond donors (Lipinski definition) is 1. The Hall–Kier alpha value is -3.06. The van der Waals surface area contributed by atoms with Crippen LogP contribution in [0.25, 0.3) is 0 Å². The van der Waals surface area contributed by atoms with E-state index < -0.39 is 17.9 Å². The summed E-state index contributed by atoms with van der Waals surface area (Å²) in [5.41, 5.74) is 1.30. The van der Waals surface area contributed by atoms with Crippen LogP contribution in [0.4, 0.5) is 0 Å². The Labute approximate surface area is 218 Å². The lowest BCUT2D eigenvalue weighted by Gasteiger charge is -2.45. The normalized spacial score (nSPS) is 17.9. The van der Waals surface area contributed by atoms with Crippen molar-refractivity contribution in [1.29, 1.82) is 0 Å². The number of nitrogens with zero attached hydrogens (tertiary/aromatic N) is 1. The quantitative estimate of drug-likeness (QED) is 0.517. The topological polar surface area (TPSA) is 84.9 Å². The number of para-hydroxylation sites is 1. The number of methoxy groups -OCH3 is 1. The van der Waals surface area contributed by atoms with Crippen LogP contribution in [-0.2, 0) is 14.3 Å². The third kappa shape index (κ3) is 6.58. The minimum atomic E-state index is -0.681. The van der Waals surface area contributed by atoms with Gasteiger partial charge in [-0.25, -0.2) is 4.79 Å². The largest absolute Gasteiger partial charge is 0.483 e. The maximum atomic E-state index is 13.5. The zero-order valence-electron chi connectivity index (χ0n) is 21.5. The first-order valence-electron chi connectivity index (χ1n) is 12.2. The van der Waals surface area contributed by atoms with E-state index in [0.29, 0.717) is 24.0 Å². The third-order valence-corrected chi connectivity index (χ3v) is 6.97. The maximum Gasteiger partial charge on any atom is 0.341 e. The molecule has 2 aromatic rings. The second kappa shape index (κ2) is 11.8. The molecule has 1 aliphatic rings. The predicted octanol–water partition coefficient (Wildman–Crippen LogP) is 4.69. The Balaban J connectivity index is 1.64. The Morgan fingerprint density at radius 3 is 2.39 bits per heavy atom. The first kappa shape index (κ1) is 27.5. The van der Waals surface area contributed by atoms with Crippen LogP contribution in [0, 0.1) is 11.3 Å². The second-order valence-electron chi connectivity index (χ2n) is 10.2. The molecule has 1 aliphatic heterocycles. The minimum absolute atomic E-state index is 0.101. The van der Waals surface area contributed by atoms with Gasteiger partial charge in [-0.3, -0.25) is 9.59 Å². The number of esters is 1. The molecule has 0 saturated carbocycles. The van der Waals surface area contributed by atoms with Gasteiger partial charge in [0.25, 0.3) is 5.91 Å². The van der Waals surface area contributed by atoms with Crippen LogP contribution in [0.2, 0.25) is 5.02 Å². The molecule has 1 saturated heterocycles. The lowest BCUT2D eigenvalue weighted by atomic mass is 9.70. The molecule has 0 aliphatic carbocycles. The predicted molar refractivity (Wildman–Crippen MR) is 139 cm³/mol. The number of ether oxygens (including phenoxy) is 2. The van der Waals surface area contributed by atoms with E-state index in [0.717, 1.165) is 6.42 Å². The minimum Gasteiger partial charge on any atom is -0.483 e. The highest BCUT2D eigenvalue weighted by Crippen LogP contribution is 2.42. The number of halogens is 1. The van der Waals surface area contributed by atoms with Crippen molar-refractivity contribution < 1.29 is 23.9 Å². The molecule has 1 unspecified atom stereocenters. The molecule has 0 radical (unpaired) electrons. The van der Waals surface area contributed by atoms with Gasteiger partial charge in [0.15, 0.2) is 6.61 Å². The molecular formula is C28H35ClN2O5. The van der Waals surface area contributed by atoms with Gasteiger partial charge in [0.1, 0.15) is 17.4 Å². The van der Waals surface area contributed by atoms with E-state index in [-0.39, 0.29) is 35.2 Å². The lowest BCUT2D eigenvalue weighted by Crippen LogP contribution is -2.56. The van der Waals surface area contributed by atoms with E-state index in [1.165, 1.54) is 12.7 Å². The second-order valence-corrected chi connectivity index (χ2v) is 10.6. The van der Waals surface area contributed by atoms with Crippen LogP contribution in [-0.4, -0.2) is 55.5 Å². The summed E-state index contributed by atoms with van der Waals surface area (Å²) in [7, 11) is 1.28. The van der Waals surface area contributed by atoms with Gasteiger partial charge in [0.2, 0.25) is 5.91 Å². The van der Waals surface area contributed by atoms with Crippen molar-refractivity contribution in [2.45, 2.75) is 46.1 Å².